The standard InChI is InChI=1S/C23H18N4O2S/c28-21(12-16-8-5-7-15-6-1-2-9-18(15)16)26-22-17(13-24-27-22)14-29-23-25-19-10-3-4-11-20(19)30-23/h1-11,13H,12,14H2,(H2,24,26,27,28). The maximum Gasteiger partial charge on any atom is 0.274 e. The van der Waals surface area contributed by atoms with E-state index >= 15 is 0 Å². The Morgan fingerprint density at radius 2 is 1.83 bits per heavy atom. The summed E-state index contributed by atoms with van der Waals surface area (Å²) in [5, 5.41) is 12.6. The van der Waals surface area contributed by atoms with Gasteiger partial charge in [0.15, 0.2) is 0 Å². The largest absolute Gasteiger partial charge is 0.465 e. The van der Waals surface area contributed by atoms with Gasteiger partial charge in [0.05, 0.1) is 28.4 Å². The van der Waals surface area contributed by atoms with Gasteiger partial charge in [-0.1, -0.05) is 65.9 Å². The Kier molecular flexibility index (Phi) is 4.86. The minimum atomic E-state index is -0.114. The van der Waals surface area contributed by atoms with E-state index in [1.807, 2.05) is 66.7 Å². The summed E-state index contributed by atoms with van der Waals surface area (Å²) in [4.78, 5) is 17.1. The summed E-state index contributed by atoms with van der Waals surface area (Å²) in [5.41, 5.74) is 2.66. The smallest absolute Gasteiger partial charge is 0.274 e. The van der Waals surface area contributed by atoms with Crippen molar-refractivity contribution in [3.05, 3.63) is 84.1 Å². The quantitative estimate of drug-likeness (QED) is 0.413. The van der Waals surface area contributed by atoms with E-state index in [9.17, 15) is 4.79 Å². The molecule has 3 aromatic carbocycles. The van der Waals surface area contributed by atoms with Crippen molar-refractivity contribution in [3.63, 3.8) is 0 Å². The lowest BCUT2D eigenvalue weighted by Gasteiger charge is -2.08. The molecule has 0 saturated heterocycles. The van der Waals surface area contributed by atoms with Crippen LogP contribution in [-0.4, -0.2) is 21.1 Å². The summed E-state index contributed by atoms with van der Waals surface area (Å²) in [6, 6.07) is 21.9. The number of nitrogens with zero attached hydrogens (tertiary/aromatic N) is 2. The molecule has 0 atom stereocenters. The Balaban J connectivity index is 1.27. The number of carbonyl (C=O) groups is 1. The molecule has 0 spiro atoms. The van der Waals surface area contributed by atoms with Gasteiger partial charge in [-0.2, -0.15) is 5.10 Å². The molecule has 0 aliphatic carbocycles. The van der Waals surface area contributed by atoms with Crippen molar-refractivity contribution in [2.75, 3.05) is 5.32 Å². The minimum Gasteiger partial charge on any atom is -0.465 e. The Labute approximate surface area is 176 Å². The lowest BCUT2D eigenvalue weighted by Crippen LogP contribution is -2.16. The molecule has 2 aromatic heterocycles. The summed E-state index contributed by atoms with van der Waals surface area (Å²) in [6.07, 6.45) is 1.93. The molecular formula is C23H18N4O2S. The van der Waals surface area contributed by atoms with Gasteiger partial charge in [0.1, 0.15) is 12.4 Å². The zero-order valence-corrected chi connectivity index (χ0v) is 16.8. The lowest BCUT2D eigenvalue weighted by molar-refractivity contribution is -0.115. The number of thiazole rings is 1. The van der Waals surface area contributed by atoms with Gasteiger partial charge in [-0.15, -0.1) is 0 Å². The van der Waals surface area contributed by atoms with Crippen LogP contribution in [0.5, 0.6) is 5.19 Å². The number of nitrogens with one attached hydrogen (secondary N) is 2. The van der Waals surface area contributed by atoms with Crippen LogP contribution in [0, 0.1) is 0 Å². The summed E-state index contributed by atoms with van der Waals surface area (Å²) < 4.78 is 6.90. The van der Waals surface area contributed by atoms with Crippen LogP contribution >= 0.6 is 11.3 Å². The van der Waals surface area contributed by atoms with E-state index in [0.29, 0.717) is 11.0 Å². The highest BCUT2D eigenvalue weighted by atomic mass is 32.1. The maximum absolute atomic E-state index is 12.7. The molecule has 2 heterocycles. The van der Waals surface area contributed by atoms with Gasteiger partial charge in [-0.3, -0.25) is 9.89 Å². The van der Waals surface area contributed by atoms with Gasteiger partial charge >= 0.3 is 0 Å². The van der Waals surface area contributed by atoms with E-state index < -0.39 is 0 Å². The predicted molar refractivity (Wildman–Crippen MR) is 119 cm³/mol. The first kappa shape index (κ1) is 18.3. The van der Waals surface area contributed by atoms with E-state index in [1.165, 1.54) is 11.3 Å². The molecule has 0 unspecified atom stereocenters. The van der Waals surface area contributed by atoms with Crippen molar-refractivity contribution in [2.24, 2.45) is 0 Å². The van der Waals surface area contributed by atoms with E-state index in [0.717, 1.165) is 32.1 Å². The fraction of sp³-hybridized carbons (Fsp3) is 0.0870. The molecule has 6 nitrogen and oxygen atoms in total. The van der Waals surface area contributed by atoms with Crippen LogP contribution in [0.2, 0.25) is 0 Å². The van der Waals surface area contributed by atoms with Crippen LogP contribution in [-0.2, 0) is 17.8 Å². The second kappa shape index (κ2) is 7.96. The average Bonchev–Trinajstić information content (AvgIpc) is 3.38. The highest BCUT2D eigenvalue weighted by Crippen LogP contribution is 2.28. The van der Waals surface area contributed by atoms with Crippen LogP contribution in [0.25, 0.3) is 21.0 Å². The fourth-order valence-electron chi connectivity index (χ4n) is 3.38. The topological polar surface area (TPSA) is 79.9 Å². The van der Waals surface area contributed by atoms with Crippen molar-refractivity contribution in [1.82, 2.24) is 15.2 Å². The van der Waals surface area contributed by atoms with Gasteiger partial charge < -0.3 is 10.1 Å². The number of hydrogen-bond donors (Lipinski definition) is 2. The molecule has 5 aromatic rings. The van der Waals surface area contributed by atoms with Gasteiger partial charge in [0.2, 0.25) is 5.91 Å². The number of aromatic nitrogens is 3. The molecule has 0 bridgehead atoms. The molecule has 0 saturated carbocycles. The van der Waals surface area contributed by atoms with E-state index in [-0.39, 0.29) is 18.9 Å². The highest BCUT2D eigenvalue weighted by molar-refractivity contribution is 7.20. The first-order valence-corrected chi connectivity index (χ1v) is 10.3. The Morgan fingerprint density at radius 3 is 2.77 bits per heavy atom. The molecule has 5 rings (SSSR count). The average molecular weight is 414 g/mol. The van der Waals surface area contributed by atoms with Crippen LogP contribution in [0.3, 0.4) is 0 Å². The SMILES string of the molecule is O=C(Cc1cccc2ccccc12)Nc1[nH]ncc1COc1nc2ccccc2s1. The zero-order valence-electron chi connectivity index (χ0n) is 16.0. The molecule has 30 heavy (non-hydrogen) atoms. The number of fused-ring (bicyclic) bond motifs is 2. The van der Waals surface area contributed by atoms with E-state index in [4.69, 9.17) is 4.74 Å². The summed E-state index contributed by atoms with van der Waals surface area (Å²) >= 11 is 1.49. The number of para-hydroxylation sites is 1. The number of carbonyl (C=O) groups excluding carboxylic acids is 1. The molecule has 0 fully saturated rings. The fourth-order valence-corrected chi connectivity index (χ4v) is 4.20. The van der Waals surface area contributed by atoms with Crippen LogP contribution in [0.15, 0.2) is 72.9 Å². The van der Waals surface area contributed by atoms with Crippen LogP contribution in [0.4, 0.5) is 5.82 Å². The number of H-pyrrole nitrogens is 1. The number of aromatic amines is 1. The van der Waals surface area contributed by atoms with Gasteiger partial charge in [-0.05, 0) is 28.5 Å². The second-order valence-corrected chi connectivity index (χ2v) is 7.86. The van der Waals surface area contributed by atoms with Crippen molar-refractivity contribution < 1.29 is 9.53 Å². The van der Waals surface area contributed by atoms with Crippen LogP contribution < -0.4 is 10.1 Å². The third-order valence-electron chi connectivity index (χ3n) is 4.84. The lowest BCUT2D eigenvalue weighted by atomic mass is 10.0. The normalized spacial score (nSPS) is 11.1. The number of rotatable bonds is 6. The number of ether oxygens (including phenoxy) is 1. The number of amides is 1. The molecule has 2 N–H and O–H groups in total. The maximum atomic E-state index is 12.7. The van der Waals surface area contributed by atoms with Crippen molar-refractivity contribution in [3.8, 4) is 5.19 Å². The van der Waals surface area contributed by atoms with Gasteiger partial charge in [0.25, 0.3) is 5.19 Å². The summed E-state index contributed by atoms with van der Waals surface area (Å²) in [6.45, 7) is 0.264. The number of benzene rings is 3. The van der Waals surface area contributed by atoms with Crippen LogP contribution in [0.1, 0.15) is 11.1 Å². The van der Waals surface area contributed by atoms with Crippen molar-refractivity contribution in [2.45, 2.75) is 13.0 Å². The third-order valence-corrected chi connectivity index (χ3v) is 5.79. The first-order valence-electron chi connectivity index (χ1n) is 9.53. The molecular weight excluding hydrogens is 396 g/mol. The molecule has 1 amide bonds. The zero-order chi connectivity index (χ0) is 20.3. The van der Waals surface area contributed by atoms with Gasteiger partial charge in [0, 0.05) is 0 Å². The summed E-state index contributed by atoms with van der Waals surface area (Å²) in [7, 11) is 0. The monoisotopic (exact) mass is 414 g/mol. The number of anilines is 1. The third kappa shape index (κ3) is 3.75. The Bertz CT molecular complexity index is 1300. The predicted octanol–water partition coefficient (Wildman–Crippen LogP) is 4.93. The number of hydrogen-bond acceptors (Lipinski definition) is 5. The van der Waals surface area contributed by atoms with E-state index in [1.54, 1.807) is 6.20 Å². The molecule has 7 heteroatoms. The van der Waals surface area contributed by atoms with Crippen molar-refractivity contribution in [1.29, 1.82) is 0 Å². The molecule has 148 valence electrons. The molecule has 0 aliphatic heterocycles. The van der Waals surface area contributed by atoms with Gasteiger partial charge in [-0.25, -0.2) is 4.98 Å². The van der Waals surface area contributed by atoms with Crippen molar-refractivity contribution >= 4 is 44.1 Å². The molecule has 0 aliphatic rings. The Hall–Kier alpha value is -3.71. The Morgan fingerprint density at radius 1 is 1.00 bits per heavy atom. The summed E-state index contributed by atoms with van der Waals surface area (Å²) in [5.74, 6) is 0.429. The van der Waals surface area contributed by atoms with E-state index in [2.05, 4.69) is 20.5 Å². The highest BCUT2D eigenvalue weighted by Gasteiger charge is 2.13. The minimum absolute atomic E-state index is 0.114. The molecule has 0 radical (unpaired) electrons. The first-order chi connectivity index (χ1) is 14.8. The second-order valence-electron chi connectivity index (χ2n) is 6.87.